The van der Waals surface area contributed by atoms with Gasteiger partial charge in [-0.1, -0.05) is 40.7 Å². The number of aromatic nitrogens is 2. The number of anilines is 1. The van der Waals surface area contributed by atoms with E-state index >= 15 is 0 Å². The number of hydrogen-bond donors (Lipinski definition) is 1. The average molecular weight is 575 g/mol. The zero-order valence-corrected chi connectivity index (χ0v) is 26.0. The van der Waals surface area contributed by atoms with Crippen molar-refractivity contribution in [2.45, 2.75) is 97.9 Å². The number of amides is 2. The molecule has 2 amide bonds. The maximum absolute atomic E-state index is 13.9. The lowest BCUT2D eigenvalue weighted by molar-refractivity contribution is -0.129. The number of carbonyl (C=O) groups is 3. The van der Waals surface area contributed by atoms with Crippen LogP contribution in [0.2, 0.25) is 0 Å². The molecular formula is C33H42N4O5. The summed E-state index contributed by atoms with van der Waals surface area (Å²) in [6, 6.07) is 7.16. The fraction of sp³-hybridized carbons (Fsp3) is 0.545. The molecule has 3 aromatic heterocycles. The van der Waals surface area contributed by atoms with Gasteiger partial charge in [0.05, 0.1) is 0 Å². The molecule has 1 saturated heterocycles. The normalized spacial score (nSPS) is 19.4. The van der Waals surface area contributed by atoms with Crippen LogP contribution in [0.1, 0.15) is 118 Å². The highest BCUT2D eigenvalue weighted by atomic mass is 16.4. The molecule has 1 aliphatic heterocycles. The molecule has 0 unspecified atom stereocenters. The number of aryl methyl sites for hydroxylation is 1. The predicted octanol–water partition coefficient (Wildman–Crippen LogP) is 6.48. The second-order valence-electron chi connectivity index (χ2n) is 14.2. The number of fused-ring (bicyclic) bond motifs is 1. The van der Waals surface area contributed by atoms with Crippen molar-refractivity contribution in [2.24, 2.45) is 5.41 Å². The maximum atomic E-state index is 13.9. The summed E-state index contributed by atoms with van der Waals surface area (Å²) in [6.07, 6.45) is 4.48. The van der Waals surface area contributed by atoms with E-state index in [1.807, 2.05) is 0 Å². The van der Waals surface area contributed by atoms with Crippen molar-refractivity contribution in [1.82, 2.24) is 14.9 Å². The summed E-state index contributed by atoms with van der Waals surface area (Å²) in [5.74, 6) is -1.10. The van der Waals surface area contributed by atoms with E-state index in [0.717, 1.165) is 36.9 Å². The highest BCUT2D eigenvalue weighted by molar-refractivity contribution is 6.05. The Morgan fingerprint density at radius 3 is 2.31 bits per heavy atom. The Morgan fingerprint density at radius 1 is 1.02 bits per heavy atom. The van der Waals surface area contributed by atoms with Crippen molar-refractivity contribution in [3.05, 3.63) is 52.5 Å². The van der Waals surface area contributed by atoms with Crippen molar-refractivity contribution in [3.63, 3.8) is 0 Å². The molecule has 5 rings (SSSR count). The van der Waals surface area contributed by atoms with Crippen LogP contribution in [-0.2, 0) is 10.2 Å². The van der Waals surface area contributed by atoms with Crippen LogP contribution in [0, 0.1) is 12.3 Å². The highest BCUT2D eigenvalue weighted by Crippen LogP contribution is 2.43. The molecule has 3 aromatic rings. The van der Waals surface area contributed by atoms with Gasteiger partial charge in [0.1, 0.15) is 16.9 Å². The van der Waals surface area contributed by atoms with E-state index < -0.39 is 11.5 Å². The molecule has 42 heavy (non-hydrogen) atoms. The Balaban J connectivity index is 1.46. The summed E-state index contributed by atoms with van der Waals surface area (Å²) in [6.45, 7) is 16.5. The van der Waals surface area contributed by atoms with Crippen molar-refractivity contribution < 1.29 is 23.9 Å². The Kier molecular flexibility index (Phi) is 7.23. The minimum Gasteiger partial charge on any atom is -0.477 e. The summed E-state index contributed by atoms with van der Waals surface area (Å²) in [5, 5.41) is 9.50. The van der Waals surface area contributed by atoms with E-state index in [9.17, 15) is 19.5 Å². The van der Waals surface area contributed by atoms with Gasteiger partial charge in [-0.15, -0.1) is 0 Å². The quantitative estimate of drug-likeness (QED) is 0.379. The first-order chi connectivity index (χ1) is 19.5. The van der Waals surface area contributed by atoms with Gasteiger partial charge in [-0.2, -0.15) is 0 Å². The smallest absolute Gasteiger partial charge is 0.354 e. The van der Waals surface area contributed by atoms with Crippen LogP contribution in [-0.4, -0.2) is 56.4 Å². The number of rotatable bonds is 4. The van der Waals surface area contributed by atoms with Gasteiger partial charge < -0.3 is 14.4 Å². The molecular weight excluding hydrogens is 532 g/mol. The predicted molar refractivity (Wildman–Crippen MR) is 161 cm³/mol. The van der Waals surface area contributed by atoms with Gasteiger partial charge in [-0.3, -0.25) is 14.5 Å². The summed E-state index contributed by atoms with van der Waals surface area (Å²) in [7, 11) is 0. The molecule has 2 fully saturated rings. The van der Waals surface area contributed by atoms with Crippen LogP contribution in [0.4, 0.5) is 5.82 Å². The Bertz CT molecular complexity index is 1570. The first-order valence-corrected chi connectivity index (χ1v) is 14.8. The maximum Gasteiger partial charge on any atom is 0.354 e. The van der Waals surface area contributed by atoms with E-state index in [4.69, 9.17) is 9.40 Å². The Hall–Kier alpha value is -3.75. The largest absolute Gasteiger partial charge is 0.477 e. The van der Waals surface area contributed by atoms with Gasteiger partial charge in [-0.05, 0) is 75.0 Å². The third-order valence-electron chi connectivity index (χ3n) is 9.07. The lowest BCUT2D eigenvalue weighted by Crippen LogP contribution is -2.65. The zero-order valence-electron chi connectivity index (χ0n) is 26.0. The molecule has 0 bridgehead atoms. The minimum absolute atomic E-state index is 0.0997. The minimum atomic E-state index is -1.22. The van der Waals surface area contributed by atoms with Crippen LogP contribution in [0.3, 0.4) is 0 Å². The van der Waals surface area contributed by atoms with Crippen molar-refractivity contribution in [3.8, 4) is 0 Å². The van der Waals surface area contributed by atoms with Gasteiger partial charge in [0, 0.05) is 36.3 Å². The molecule has 0 aromatic carbocycles. The molecule has 9 nitrogen and oxygen atoms in total. The number of nitrogens with zero attached hydrogens (tertiary/aromatic N) is 4. The third kappa shape index (κ3) is 5.29. The Labute approximate surface area is 247 Å². The first kappa shape index (κ1) is 29.7. The number of carboxylic acid groups (broad SMARTS) is 1. The average Bonchev–Trinajstić information content (AvgIpc) is 3.33. The topological polar surface area (TPSA) is 117 Å². The van der Waals surface area contributed by atoms with E-state index in [2.05, 4.69) is 45.7 Å². The standard InChI is InChI=1S/C33H42N4O5/c1-19-9-10-25(35-26(19)29(39)40)36-15-16-37(33(7,8)30(36)41)28(38)24-18-23-27(42-24)21(31(2,3)4)17-22(34-23)20-11-13-32(5,6)14-12-20/h9-10,17-18,20H,11-16H2,1-8H3,(H,39,40). The molecule has 1 N–H and O–H groups in total. The summed E-state index contributed by atoms with van der Waals surface area (Å²) >= 11 is 0. The summed E-state index contributed by atoms with van der Waals surface area (Å²) in [4.78, 5) is 51.4. The Morgan fingerprint density at radius 2 is 1.69 bits per heavy atom. The number of furan rings is 1. The second-order valence-corrected chi connectivity index (χ2v) is 14.2. The summed E-state index contributed by atoms with van der Waals surface area (Å²) < 4.78 is 6.26. The molecule has 224 valence electrons. The van der Waals surface area contributed by atoms with Gasteiger partial charge in [0.25, 0.3) is 11.8 Å². The van der Waals surface area contributed by atoms with Crippen LogP contribution in [0.5, 0.6) is 0 Å². The lowest BCUT2D eigenvalue weighted by atomic mass is 9.72. The fourth-order valence-corrected chi connectivity index (χ4v) is 6.23. The molecule has 1 saturated carbocycles. The highest BCUT2D eigenvalue weighted by Gasteiger charge is 2.46. The fourth-order valence-electron chi connectivity index (χ4n) is 6.23. The van der Waals surface area contributed by atoms with Gasteiger partial charge in [-0.25, -0.2) is 14.8 Å². The van der Waals surface area contributed by atoms with E-state index in [1.165, 1.54) is 9.80 Å². The molecule has 0 radical (unpaired) electrons. The number of carboxylic acids is 1. The van der Waals surface area contributed by atoms with Gasteiger partial charge in [0.2, 0.25) is 0 Å². The van der Waals surface area contributed by atoms with Gasteiger partial charge in [0.15, 0.2) is 17.0 Å². The van der Waals surface area contributed by atoms with Crippen LogP contribution < -0.4 is 4.90 Å². The number of aromatic carboxylic acids is 1. The molecule has 0 spiro atoms. The number of carbonyl (C=O) groups excluding carboxylic acids is 2. The summed E-state index contributed by atoms with van der Waals surface area (Å²) in [5.41, 5.74) is 2.67. The molecule has 0 atom stereocenters. The van der Waals surface area contributed by atoms with Crippen LogP contribution >= 0.6 is 0 Å². The molecule has 1 aliphatic carbocycles. The number of piperazine rings is 1. The first-order valence-electron chi connectivity index (χ1n) is 14.8. The van der Waals surface area contributed by atoms with E-state index in [-0.39, 0.29) is 47.6 Å². The van der Waals surface area contributed by atoms with Crippen molar-refractivity contribution >= 4 is 34.7 Å². The SMILES string of the molecule is Cc1ccc(N2CCN(C(=O)c3cc4nc(C5CCC(C)(C)CC5)cc(C(C)(C)C)c4o3)C(C)(C)C2=O)nc1C(=O)O. The van der Waals surface area contributed by atoms with Gasteiger partial charge >= 0.3 is 5.97 Å². The monoisotopic (exact) mass is 574 g/mol. The number of hydrogen-bond acceptors (Lipinski definition) is 6. The van der Waals surface area contributed by atoms with Crippen LogP contribution in [0.25, 0.3) is 11.1 Å². The molecule has 2 aliphatic rings. The second kappa shape index (κ2) is 10.2. The van der Waals surface area contributed by atoms with E-state index in [0.29, 0.717) is 28.0 Å². The lowest BCUT2D eigenvalue weighted by Gasteiger charge is -2.45. The van der Waals surface area contributed by atoms with Crippen LogP contribution in [0.15, 0.2) is 28.7 Å². The zero-order chi connectivity index (χ0) is 30.8. The van der Waals surface area contributed by atoms with E-state index in [1.54, 1.807) is 39.0 Å². The molecule has 9 heteroatoms. The molecule has 4 heterocycles. The third-order valence-corrected chi connectivity index (χ3v) is 9.07. The van der Waals surface area contributed by atoms with Crippen molar-refractivity contribution in [2.75, 3.05) is 18.0 Å². The number of pyridine rings is 2. The van der Waals surface area contributed by atoms with Crippen molar-refractivity contribution in [1.29, 1.82) is 0 Å².